The molecular formula is C16H21NY. The van der Waals surface area contributed by atoms with Crippen molar-refractivity contribution in [2.75, 3.05) is 0 Å². The number of benzene rings is 1. The number of pyridine rings is 1. The summed E-state index contributed by atoms with van der Waals surface area (Å²) in [5, 5.41) is 1.31. The zero-order chi connectivity index (χ0) is 12.6. The topological polar surface area (TPSA) is 12.9 Å². The van der Waals surface area contributed by atoms with Crippen molar-refractivity contribution in [2.24, 2.45) is 0 Å². The summed E-state index contributed by atoms with van der Waals surface area (Å²) in [6.45, 7) is 11.2. The van der Waals surface area contributed by atoms with E-state index in [1.54, 1.807) is 0 Å². The smallest absolute Gasteiger partial charge is 0.0708 e. The summed E-state index contributed by atoms with van der Waals surface area (Å²) in [4.78, 5) is 4.82. The molecule has 0 N–H and O–H groups in total. The van der Waals surface area contributed by atoms with Crippen LogP contribution in [-0.2, 0) is 32.7 Å². The van der Waals surface area contributed by atoms with Crippen LogP contribution in [0.15, 0.2) is 24.3 Å². The molecule has 18 heavy (non-hydrogen) atoms. The van der Waals surface area contributed by atoms with Gasteiger partial charge in [-0.05, 0) is 36.0 Å². The Morgan fingerprint density at radius 3 is 2.11 bits per heavy atom. The van der Waals surface area contributed by atoms with Crippen molar-refractivity contribution in [1.82, 2.24) is 4.98 Å². The van der Waals surface area contributed by atoms with E-state index >= 15 is 0 Å². The number of rotatable bonds is 2. The number of para-hydroxylation sites is 1. The van der Waals surface area contributed by atoms with Gasteiger partial charge in [0.1, 0.15) is 0 Å². The number of hydrogen-bond acceptors (Lipinski definition) is 1. The van der Waals surface area contributed by atoms with Gasteiger partial charge < -0.3 is 0 Å². The van der Waals surface area contributed by atoms with Gasteiger partial charge in [-0.3, -0.25) is 4.98 Å². The number of aromatic nitrogens is 1. The van der Waals surface area contributed by atoms with E-state index in [0.717, 1.165) is 5.52 Å². The van der Waals surface area contributed by atoms with E-state index in [1.165, 1.54) is 22.2 Å². The van der Waals surface area contributed by atoms with Gasteiger partial charge in [-0.25, -0.2) is 0 Å². The van der Waals surface area contributed by atoms with Crippen LogP contribution in [0.2, 0.25) is 0 Å². The molecule has 1 nitrogen and oxygen atoms in total. The second kappa shape index (κ2) is 6.26. The molecule has 2 heteroatoms. The molecule has 1 aromatic carbocycles. The van der Waals surface area contributed by atoms with Crippen LogP contribution in [0.3, 0.4) is 0 Å². The molecule has 0 aliphatic heterocycles. The number of hydrogen-bond donors (Lipinski definition) is 0. The van der Waals surface area contributed by atoms with Crippen LogP contribution in [0.1, 0.15) is 56.4 Å². The minimum Gasteiger partial charge on any atom is -0.252 e. The molecule has 1 heterocycles. The third-order valence-corrected chi connectivity index (χ3v) is 3.35. The largest absolute Gasteiger partial charge is 0.252 e. The standard InChI is InChI=1S/C16H21N.Y/c1-10(2)15-12(5)16(11(3)4)17-14-9-7-6-8-13(14)15;/h6-11H,1-5H3;. The Labute approximate surface area is 135 Å². The molecule has 0 bridgehead atoms. The Morgan fingerprint density at radius 1 is 0.944 bits per heavy atom. The first-order valence-electron chi connectivity index (χ1n) is 6.41. The summed E-state index contributed by atoms with van der Waals surface area (Å²) in [5.74, 6) is 1.03. The van der Waals surface area contributed by atoms with Crippen molar-refractivity contribution in [1.29, 1.82) is 0 Å². The molecule has 1 aromatic heterocycles. The normalized spacial score (nSPS) is 11.1. The molecular weight excluding hydrogens is 295 g/mol. The zero-order valence-electron chi connectivity index (χ0n) is 12.0. The van der Waals surface area contributed by atoms with Gasteiger partial charge in [-0.15, -0.1) is 0 Å². The predicted molar refractivity (Wildman–Crippen MR) is 74.7 cm³/mol. The van der Waals surface area contributed by atoms with E-state index in [-0.39, 0.29) is 32.7 Å². The van der Waals surface area contributed by atoms with Crippen molar-refractivity contribution in [2.45, 2.75) is 46.5 Å². The molecule has 0 unspecified atom stereocenters. The van der Waals surface area contributed by atoms with Crippen LogP contribution in [0, 0.1) is 6.92 Å². The molecule has 0 spiro atoms. The average molecular weight is 316 g/mol. The quantitative estimate of drug-likeness (QED) is 0.776. The summed E-state index contributed by atoms with van der Waals surface area (Å²) < 4.78 is 0. The van der Waals surface area contributed by atoms with Gasteiger partial charge >= 0.3 is 0 Å². The second-order valence-electron chi connectivity index (χ2n) is 5.36. The third-order valence-electron chi connectivity index (χ3n) is 3.35. The molecule has 2 rings (SSSR count). The summed E-state index contributed by atoms with van der Waals surface area (Å²) in [5.41, 5.74) is 5.20. The fourth-order valence-electron chi connectivity index (χ4n) is 2.66. The van der Waals surface area contributed by atoms with E-state index in [0.29, 0.717) is 11.8 Å². The maximum absolute atomic E-state index is 4.82. The average Bonchev–Trinajstić information content (AvgIpc) is 2.27. The van der Waals surface area contributed by atoms with Gasteiger partial charge in [0.15, 0.2) is 0 Å². The van der Waals surface area contributed by atoms with E-state index in [9.17, 15) is 0 Å². The van der Waals surface area contributed by atoms with Gasteiger partial charge in [0.05, 0.1) is 5.52 Å². The molecule has 2 aromatic rings. The van der Waals surface area contributed by atoms with Gasteiger partial charge in [-0.2, -0.15) is 0 Å². The van der Waals surface area contributed by atoms with Gasteiger partial charge in [0.25, 0.3) is 0 Å². The first-order valence-corrected chi connectivity index (χ1v) is 6.41. The number of nitrogens with zero attached hydrogens (tertiary/aromatic N) is 1. The van der Waals surface area contributed by atoms with Crippen LogP contribution in [0.25, 0.3) is 10.9 Å². The predicted octanol–water partition coefficient (Wildman–Crippen LogP) is 4.79. The van der Waals surface area contributed by atoms with Gasteiger partial charge in [-0.1, -0.05) is 45.9 Å². The van der Waals surface area contributed by atoms with Crippen molar-refractivity contribution in [3.8, 4) is 0 Å². The second-order valence-corrected chi connectivity index (χ2v) is 5.36. The molecule has 0 fully saturated rings. The maximum Gasteiger partial charge on any atom is 0.0708 e. The van der Waals surface area contributed by atoms with Gasteiger partial charge in [0.2, 0.25) is 0 Å². The number of fused-ring (bicyclic) bond motifs is 1. The van der Waals surface area contributed by atoms with Crippen LogP contribution in [0.4, 0.5) is 0 Å². The Balaban J connectivity index is 0.00000162. The molecule has 93 valence electrons. The fraction of sp³-hybridized carbons (Fsp3) is 0.438. The van der Waals surface area contributed by atoms with Crippen LogP contribution in [-0.4, -0.2) is 4.98 Å². The maximum atomic E-state index is 4.82. The van der Waals surface area contributed by atoms with E-state index < -0.39 is 0 Å². The molecule has 0 saturated heterocycles. The monoisotopic (exact) mass is 316 g/mol. The zero-order valence-corrected chi connectivity index (χ0v) is 14.8. The summed E-state index contributed by atoms with van der Waals surface area (Å²) >= 11 is 0. The van der Waals surface area contributed by atoms with Crippen molar-refractivity contribution in [3.05, 3.63) is 41.1 Å². The minimum atomic E-state index is 0. The van der Waals surface area contributed by atoms with Crippen molar-refractivity contribution in [3.63, 3.8) is 0 Å². The SMILES string of the molecule is Cc1c(C(C)C)nc2ccccc2c1C(C)C.[Y]. The van der Waals surface area contributed by atoms with E-state index in [2.05, 4.69) is 58.9 Å². The first kappa shape index (κ1) is 15.8. The molecule has 0 aliphatic rings. The van der Waals surface area contributed by atoms with Crippen molar-refractivity contribution >= 4 is 10.9 Å². The van der Waals surface area contributed by atoms with Crippen LogP contribution >= 0.6 is 0 Å². The van der Waals surface area contributed by atoms with Crippen LogP contribution in [0.5, 0.6) is 0 Å². The molecule has 0 amide bonds. The molecule has 0 aliphatic carbocycles. The van der Waals surface area contributed by atoms with E-state index in [4.69, 9.17) is 4.98 Å². The third kappa shape index (κ3) is 2.83. The Hall–Kier alpha value is -0.266. The molecule has 1 radical (unpaired) electrons. The Kier molecular flexibility index (Phi) is 5.49. The summed E-state index contributed by atoms with van der Waals surface area (Å²) in [7, 11) is 0. The molecule has 0 atom stereocenters. The first-order chi connectivity index (χ1) is 8.02. The van der Waals surface area contributed by atoms with E-state index in [1.807, 2.05) is 0 Å². The van der Waals surface area contributed by atoms with Crippen molar-refractivity contribution < 1.29 is 32.7 Å². The molecule has 0 saturated carbocycles. The van der Waals surface area contributed by atoms with Crippen LogP contribution < -0.4 is 0 Å². The minimum absolute atomic E-state index is 0. The Bertz CT molecular complexity index is 544. The fourth-order valence-corrected chi connectivity index (χ4v) is 2.66. The van der Waals surface area contributed by atoms with Gasteiger partial charge in [0, 0.05) is 43.8 Å². The Morgan fingerprint density at radius 2 is 1.56 bits per heavy atom. The summed E-state index contributed by atoms with van der Waals surface area (Å²) in [6, 6.07) is 8.48. The summed E-state index contributed by atoms with van der Waals surface area (Å²) in [6.07, 6.45) is 0.